The molecule has 6 nitrogen and oxygen atoms in total. The molecule has 2 aromatic rings. The highest BCUT2D eigenvalue weighted by molar-refractivity contribution is 8.05. The van der Waals surface area contributed by atoms with Gasteiger partial charge in [-0.05, 0) is 49.5 Å². The van der Waals surface area contributed by atoms with Crippen LogP contribution in [0.4, 0.5) is 11.4 Å². The van der Waals surface area contributed by atoms with Gasteiger partial charge < -0.3 is 10.2 Å². The highest BCUT2D eigenvalue weighted by Gasteiger charge is 2.42. The van der Waals surface area contributed by atoms with Crippen molar-refractivity contribution in [3.8, 4) is 0 Å². The van der Waals surface area contributed by atoms with Crippen LogP contribution in [0.5, 0.6) is 0 Å². The second-order valence-corrected chi connectivity index (χ2v) is 9.46. The first kappa shape index (κ1) is 21.4. The van der Waals surface area contributed by atoms with Crippen LogP contribution in [0.25, 0.3) is 6.08 Å². The van der Waals surface area contributed by atoms with Gasteiger partial charge in [-0.3, -0.25) is 14.9 Å². The zero-order valence-corrected chi connectivity index (χ0v) is 18.6. The minimum Gasteiger partial charge on any atom is -0.356 e. The van der Waals surface area contributed by atoms with E-state index in [1.54, 1.807) is 25.1 Å². The van der Waals surface area contributed by atoms with Crippen LogP contribution in [0, 0.1) is 23.0 Å². The van der Waals surface area contributed by atoms with Gasteiger partial charge in [0.15, 0.2) is 5.50 Å². The predicted octanol–water partition coefficient (Wildman–Crippen LogP) is 5.79. The summed E-state index contributed by atoms with van der Waals surface area (Å²) in [5.41, 5.74) is 2.12. The number of thioether (sulfide) groups is 1. The van der Waals surface area contributed by atoms with E-state index in [-0.39, 0.29) is 28.1 Å². The van der Waals surface area contributed by atoms with Crippen LogP contribution in [0.3, 0.4) is 0 Å². The lowest BCUT2D eigenvalue weighted by Crippen LogP contribution is -2.48. The van der Waals surface area contributed by atoms with Crippen LogP contribution in [0.2, 0.25) is 0 Å². The Bertz CT molecular complexity index is 1010. The number of hydrogen-bond donors (Lipinski definition) is 1. The summed E-state index contributed by atoms with van der Waals surface area (Å²) in [7, 11) is 0. The van der Waals surface area contributed by atoms with Crippen molar-refractivity contribution in [1.29, 1.82) is 0 Å². The molecule has 7 heteroatoms. The van der Waals surface area contributed by atoms with Crippen molar-refractivity contribution in [2.75, 3.05) is 5.32 Å². The van der Waals surface area contributed by atoms with Crippen molar-refractivity contribution < 1.29 is 9.72 Å². The van der Waals surface area contributed by atoms with Gasteiger partial charge in [-0.25, -0.2) is 0 Å². The third-order valence-electron chi connectivity index (χ3n) is 6.15. The fourth-order valence-electron chi connectivity index (χ4n) is 4.43. The first-order chi connectivity index (χ1) is 14.9. The lowest BCUT2D eigenvalue weighted by atomic mass is 9.85. The highest BCUT2D eigenvalue weighted by atomic mass is 32.2. The van der Waals surface area contributed by atoms with E-state index in [0.29, 0.717) is 21.9 Å². The zero-order valence-electron chi connectivity index (χ0n) is 17.8. The summed E-state index contributed by atoms with van der Waals surface area (Å²) in [6.45, 7) is 3.95. The number of nitro benzene ring substituents is 1. The van der Waals surface area contributed by atoms with Crippen LogP contribution in [-0.2, 0) is 4.79 Å². The molecule has 3 atom stereocenters. The van der Waals surface area contributed by atoms with E-state index in [4.69, 9.17) is 0 Å². The molecule has 0 radical (unpaired) electrons. The third kappa shape index (κ3) is 4.61. The first-order valence-electron chi connectivity index (χ1n) is 10.7. The van der Waals surface area contributed by atoms with Gasteiger partial charge >= 0.3 is 0 Å². The molecule has 2 fully saturated rings. The Kier molecular flexibility index (Phi) is 6.32. The van der Waals surface area contributed by atoms with Crippen LogP contribution in [-0.4, -0.2) is 27.3 Å². The molecule has 1 aliphatic carbocycles. The number of rotatable bonds is 5. The summed E-state index contributed by atoms with van der Waals surface area (Å²) in [4.78, 5) is 27.1. The van der Waals surface area contributed by atoms with Gasteiger partial charge in [-0.15, -0.1) is 0 Å². The van der Waals surface area contributed by atoms with E-state index >= 15 is 0 Å². The van der Waals surface area contributed by atoms with Gasteiger partial charge in [0.1, 0.15) is 0 Å². The smallest absolute Gasteiger partial charge is 0.272 e. The van der Waals surface area contributed by atoms with Crippen molar-refractivity contribution in [2.45, 2.75) is 51.1 Å². The molecule has 1 heterocycles. The van der Waals surface area contributed by atoms with E-state index in [9.17, 15) is 14.9 Å². The lowest BCUT2D eigenvalue weighted by molar-refractivity contribution is -0.385. The molecule has 162 valence electrons. The van der Waals surface area contributed by atoms with Gasteiger partial charge in [0.25, 0.3) is 11.6 Å². The molecule has 4 rings (SSSR count). The summed E-state index contributed by atoms with van der Waals surface area (Å²) in [5.74, 6) is 0.443. The average molecular weight is 438 g/mol. The Labute approximate surface area is 186 Å². The Hall–Kier alpha value is -2.80. The monoisotopic (exact) mass is 437 g/mol. The molecule has 0 aromatic heterocycles. The molecule has 0 spiro atoms. The Morgan fingerprint density at radius 1 is 1.16 bits per heavy atom. The fourth-order valence-corrected chi connectivity index (χ4v) is 5.64. The van der Waals surface area contributed by atoms with Crippen LogP contribution >= 0.6 is 11.8 Å². The molecule has 1 saturated heterocycles. The van der Waals surface area contributed by atoms with Gasteiger partial charge in [0.05, 0.1) is 9.83 Å². The van der Waals surface area contributed by atoms with Crippen molar-refractivity contribution in [3.05, 3.63) is 74.7 Å². The maximum Gasteiger partial charge on any atom is 0.272 e. The first-order valence-corrected chi connectivity index (χ1v) is 11.6. The molecule has 0 bridgehead atoms. The van der Waals surface area contributed by atoms with E-state index in [1.165, 1.54) is 18.2 Å². The Balaban J connectivity index is 1.66. The van der Waals surface area contributed by atoms with Crippen molar-refractivity contribution >= 4 is 35.1 Å². The number of carbonyl (C=O) groups excluding carboxylic acids is 1. The summed E-state index contributed by atoms with van der Waals surface area (Å²) < 4.78 is 0. The number of benzene rings is 2. The molecule has 1 unspecified atom stereocenters. The number of carbonyl (C=O) groups is 1. The Morgan fingerprint density at radius 2 is 1.90 bits per heavy atom. The standard InChI is InChI=1S/C24H27N3O3S/c1-16-8-6-7-11-20(16)26-23(28)22(31-24(26)25-19-9-4-3-5-10-19)15-18-13-12-17(2)21(14-18)27(29)30/h3-5,9-10,12-16,20,24-25H,6-8,11H2,1-2H3/b22-15-/t16-,20+,24?/m1/s1. The Morgan fingerprint density at radius 3 is 2.61 bits per heavy atom. The molecule has 1 amide bonds. The largest absolute Gasteiger partial charge is 0.356 e. The van der Waals surface area contributed by atoms with Gasteiger partial charge in [0, 0.05) is 23.4 Å². The number of aryl methyl sites for hydroxylation is 1. The van der Waals surface area contributed by atoms with E-state index in [2.05, 4.69) is 12.2 Å². The molecular formula is C24H27N3O3S. The summed E-state index contributed by atoms with van der Waals surface area (Å²) in [5, 5.41) is 14.8. The molecule has 2 aromatic carbocycles. The van der Waals surface area contributed by atoms with Crippen molar-refractivity contribution in [2.24, 2.45) is 5.92 Å². The predicted molar refractivity (Wildman–Crippen MR) is 126 cm³/mol. The number of anilines is 1. The topological polar surface area (TPSA) is 75.5 Å². The van der Waals surface area contributed by atoms with Crippen LogP contribution in [0.15, 0.2) is 53.4 Å². The number of amides is 1. The van der Waals surface area contributed by atoms with Crippen molar-refractivity contribution in [1.82, 2.24) is 4.90 Å². The van der Waals surface area contributed by atoms with E-state index in [1.807, 2.05) is 41.3 Å². The van der Waals surface area contributed by atoms with Crippen LogP contribution < -0.4 is 5.32 Å². The molecule has 1 aliphatic heterocycles. The van der Waals surface area contributed by atoms with E-state index in [0.717, 1.165) is 24.9 Å². The molecule has 1 saturated carbocycles. The summed E-state index contributed by atoms with van der Waals surface area (Å²) in [6.07, 6.45) is 6.25. The second kappa shape index (κ2) is 9.14. The fraction of sp³-hybridized carbons (Fsp3) is 0.375. The molecular weight excluding hydrogens is 410 g/mol. The van der Waals surface area contributed by atoms with Crippen molar-refractivity contribution in [3.63, 3.8) is 0 Å². The second-order valence-electron chi connectivity index (χ2n) is 8.33. The number of nitro groups is 1. The quantitative estimate of drug-likeness (QED) is 0.364. The maximum atomic E-state index is 13.5. The minimum absolute atomic E-state index is 0.000379. The molecule has 31 heavy (non-hydrogen) atoms. The SMILES string of the molecule is Cc1ccc(/C=C2\SC(Nc3ccccc3)N([C@H]3CCCC[C@H]3C)C2=O)cc1[N+](=O)[O-]. The summed E-state index contributed by atoms with van der Waals surface area (Å²) >= 11 is 1.49. The van der Waals surface area contributed by atoms with Gasteiger partial charge in [-0.2, -0.15) is 0 Å². The van der Waals surface area contributed by atoms with Crippen LogP contribution in [0.1, 0.15) is 43.7 Å². The number of nitrogens with one attached hydrogen (secondary N) is 1. The normalized spacial score (nSPS) is 25.1. The average Bonchev–Trinajstić information content (AvgIpc) is 3.05. The molecule has 2 aliphatic rings. The summed E-state index contributed by atoms with van der Waals surface area (Å²) in [6, 6.07) is 15.2. The maximum absolute atomic E-state index is 13.5. The lowest BCUT2D eigenvalue weighted by Gasteiger charge is -2.39. The van der Waals surface area contributed by atoms with E-state index < -0.39 is 0 Å². The number of nitrogens with zero attached hydrogens (tertiary/aromatic N) is 2. The minimum atomic E-state index is -0.378. The van der Waals surface area contributed by atoms with Gasteiger partial charge in [0.2, 0.25) is 0 Å². The molecule has 1 N–H and O–H groups in total. The number of hydrogen-bond acceptors (Lipinski definition) is 5. The zero-order chi connectivity index (χ0) is 22.0. The number of para-hydroxylation sites is 1. The van der Waals surface area contributed by atoms with Gasteiger partial charge in [-0.1, -0.05) is 61.9 Å². The third-order valence-corrected chi connectivity index (χ3v) is 7.27. The highest BCUT2D eigenvalue weighted by Crippen LogP contribution is 2.42.